The lowest BCUT2D eigenvalue weighted by Gasteiger charge is -2.40. The molecule has 0 bridgehead atoms. The Morgan fingerprint density at radius 1 is 0.632 bits per heavy atom. The van der Waals surface area contributed by atoms with Crippen molar-refractivity contribution in [3.63, 3.8) is 0 Å². The van der Waals surface area contributed by atoms with E-state index in [1.54, 1.807) is 51.2 Å². The van der Waals surface area contributed by atoms with Gasteiger partial charge in [-0.25, -0.2) is 0 Å². The number of ether oxygens (including phenoxy) is 6. The van der Waals surface area contributed by atoms with Gasteiger partial charge in [-0.3, -0.25) is 72.6 Å². The maximum absolute atomic E-state index is 14.8. The minimum atomic E-state index is -1.59. The maximum Gasteiger partial charge on any atom is 0.310 e. The number of benzene rings is 5. The fourth-order valence-electron chi connectivity index (χ4n) is 15.9. The van der Waals surface area contributed by atoms with E-state index in [1.807, 2.05) is 85.8 Å². The van der Waals surface area contributed by atoms with E-state index in [9.17, 15) is 62.3 Å². The first-order valence-corrected chi connectivity index (χ1v) is 43.1. The zero-order chi connectivity index (χ0) is 90.3. The number of imide groups is 1. The Morgan fingerprint density at radius 3 is 1.81 bits per heavy atom. The zero-order valence-electron chi connectivity index (χ0n) is 71.4. The van der Waals surface area contributed by atoms with E-state index in [4.69, 9.17) is 56.8 Å². The molecule has 4 aliphatic rings. The van der Waals surface area contributed by atoms with Gasteiger partial charge in [-0.05, 0) is 153 Å². The number of methoxy groups -OCH3 is 3. The van der Waals surface area contributed by atoms with Gasteiger partial charge >= 0.3 is 5.97 Å². The number of likely N-dealkylation sites (tertiary alicyclic amines) is 1. The van der Waals surface area contributed by atoms with Crippen LogP contribution in [0.1, 0.15) is 145 Å². The van der Waals surface area contributed by atoms with Crippen molar-refractivity contribution in [2.24, 2.45) is 46.6 Å². The summed E-state index contributed by atoms with van der Waals surface area (Å²) in [4.78, 5) is 187. The second kappa shape index (κ2) is 44.7. The normalized spacial score (nSPS) is 18.5. The zero-order valence-corrected chi connectivity index (χ0v) is 72.2. The third-order valence-corrected chi connectivity index (χ3v) is 24.5. The number of H-pyrrole nitrogens is 1. The van der Waals surface area contributed by atoms with Crippen LogP contribution in [0.15, 0.2) is 109 Å². The minimum absolute atomic E-state index is 0.0138. The van der Waals surface area contributed by atoms with E-state index in [2.05, 4.69) is 58.2 Å². The summed E-state index contributed by atoms with van der Waals surface area (Å²) < 4.78 is 34.5. The monoisotopic (exact) mass is 1750 g/mol. The number of Topliss-reactive ketones (excluding diaryl/α,β-unsaturated/α-hetero) is 1. The van der Waals surface area contributed by atoms with Gasteiger partial charge in [0.25, 0.3) is 0 Å². The molecule has 20 N–H and O–H groups in total. The quantitative estimate of drug-likeness (QED) is 0.00850. The molecule has 3 aliphatic heterocycles. The lowest BCUT2D eigenvalue weighted by atomic mass is 9.65. The second-order valence-corrected chi connectivity index (χ2v) is 33.0. The van der Waals surface area contributed by atoms with Gasteiger partial charge in [-0.1, -0.05) is 89.1 Å². The number of aromatic amines is 1. The molecule has 11 amide bonds. The van der Waals surface area contributed by atoms with E-state index in [-0.39, 0.29) is 114 Å². The van der Waals surface area contributed by atoms with Crippen LogP contribution in [0.5, 0.6) is 28.7 Å². The number of cyclic esters (lactones) is 1. The molecule has 15 atom stereocenters. The number of hydrogen-bond donors (Lipinski definition) is 16. The first-order chi connectivity index (χ1) is 60.0. The maximum atomic E-state index is 14.8. The molecule has 0 spiro atoms. The molecular formula is C88H115N17O19S. The van der Waals surface area contributed by atoms with E-state index >= 15 is 0 Å². The van der Waals surface area contributed by atoms with E-state index < -0.39 is 161 Å². The van der Waals surface area contributed by atoms with E-state index in [0.717, 1.165) is 49.8 Å². The number of carbonyl (C=O) groups is 13. The van der Waals surface area contributed by atoms with Gasteiger partial charge in [-0.2, -0.15) is 0 Å². The van der Waals surface area contributed by atoms with Gasteiger partial charge in [-0.15, -0.1) is 11.8 Å². The third kappa shape index (κ3) is 24.5. The van der Waals surface area contributed by atoms with Crippen LogP contribution in [0, 0.1) is 29.1 Å². The molecule has 37 heteroatoms. The standard InChI is InChI=1S/C88H115N17O19S/c1-9-46(3)75(84(115)100-60(23-16-17-32-89)81(112)103-76(47(4)10-2)85(116)102-64(36-51-42-95-59-22-15-14-21-54(51)59)83(114)101-63(48(5)106)35-49-19-12-11-13-20-49)104-82(113)62(29-30-70(91)107)99-80(111)61(24-18-33-94-88(92)93)98-79(110)58(90)44-125-69-41-72(109)105(86(69)117)34-31-71(108)96-52-25-27-53(28-26-52)97-77-56-40-66-65(123-45-124-66)39-55(56)73(74-57(77)43-122-87(74)118)50-37-67(119-6)78(121-8)68(38-50)120-7/h11-15,19-22,25-28,37-40,42,46-47,57-58,60-64,69,73-77,95,97H,9-10,16-18,23-24,29-36,41,43-45,89-90H2,1-8H3,(H2,91,107)(H,96,108)(H,98,110)(H,99,111)(H,100,115)(H,101,114)(H,102,116)(H,103,112)(H,104,113)(H4,92,93,94)/t46?,47?,57-,58-,60-,61-,62-,63-,64-,69?,73+,74?,75-,76-,77+/m0/s1. The molecule has 4 unspecified atom stereocenters. The fourth-order valence-corrected chi connectivity index (χ4v) is 17.0. The van der Waals surface area contributed by atoms with Gasteiger partial charge in [0.15, 0.2) is 34.7 Å². The Kier molecular flexibility index (Phi) is 33.9. The number of para-hydroxylation sites is 1. The topological polar surface area (TPSA) is 545 Å². The number of ketones is 1. The molecule has 0 saturated carbocycles. The van der Waals surface area contributed by atoms with Crippen LogP contribution in [0.4, 0.5) is 11.4 Å². The molecule has 125 heavy (non-hydrogen) atoms. The summed E-state index contributed by atoms with van der Waals surface area (Å²) in [6.45, 7) is 8.47. The second-order valence-electron chi connectivity index (χ2n) is 31.8. The summed E-state index contributed by atoms with van der Waals surface area (Å²) in [5.74, 6) is -10.1. The Labute approximate surface area is 728 Å². The highest BCUT2D eigenvalue weighted by Gasteiger charge is 2.53. The number of primary amides is 1. The predicted octanol–water partition coefficient (Wildman–Crippen LogP) is 3.74. The van der Waals surface area contributed by atoms with Crippen LogP contribution in [-0.2, 0) is 79.9 Å². The molecule has 36 nitrogen and oxygen atoms in total. The largest absolute Gasteiger partial charge is 0.493 e. The lowest BCUT2D eigenvalue weighted by Crippen LogP contribution is -2.62. The average molecular weight is 1750 g/mol. The number of carbonyl (C=O) groups excluding carboxylic acids is 13. The predicted molar refractivity (Wildman–Crippen MR) is 466 cm³/mol. The number of unbranched alkanes of at least 4 members (excludes halogenated alkanes) is 1. The molecule has 6 aromatic rings. The van der Waals surface area contributed by atoms with Crippen molar-refractivity contribution in [3.8, 4) is 28.7 Å². The van der Waals surface area contributed by atoms with Gasteiger partial charge in [0.2, 0.25) is 77.5 Å². The van der Waals surface area contributed by atoms with Crippen LogP contribution in [-0.4, -0.2) is 206 Å². The van der Waals surface area contributed by atoms with Crippen LogP contribution in [0.3, 0.4) is 0 Å². The molecule has 4 heterocycles. The first-order valence-electron chi connectivity index (χ1n) is 42.0. The molecule has 2 fully saturated rings. The number of fused-ring (bicyclic) bond motifs is 4. The highest BCUT2D eigenvalue weighted by atomic mass is 32.2. The van der Waals surface area contributed by atoms with Crippen molar-refractivity contribution in [2.45, 2.75) is 184 Å². The number of nitrogens with two attached hydrogens (primary N) is 4. The minimum Gasteiger partial charge on any atom is -0.493 e. The van der Waals surface area contributed by atoms with Crippen LogP contribution >= 0.6 is 11.8 Å². The van der Waals surface area contributed by atoms with Crippen LogP contribution in [0.2, 0.25) is 0 Å². The smallest absolute Gasteiger partial charge is 0.310 e. The molecule has 2 saturated heterocycles. The highest BCUT2D eigenvalue weighted by Crippen LogP contribution is 2.56. The van der Waals surface area contributed by atoms with Crippen molar-refractivity contribution in [1.29, 1.82) is 5.41 Å². The van der Waals surface area contributed by atoms with Gasteiger partial charge in [0.05, 0.1) is 57.2 Å². The average Bonchev–Trinajstić information content (AvgIpc) is 1.64. The highest BCUT2D eigenvalue weighted by molar-refractivity contribution is 8.00. The Morgan fingerprint density at radius 2 is 1.20 bits per heavy atom. The Hall–Kier alpha value is -12.5. The number of nitrogens with one attached hydrogen (secondary N) is 12. The van der Waals surface area contributed by atoms with Crippen molar-refractivity contribution in [1.82, 2.24) is 52.4 Å². The Balaban J connectivity index is 0.749. The van der Waals surface area contributed by atoms with Gasteiger partial charge in [0, 0.05) is 84.8 Å². The summed E-state index contributed by atoms with van der Waals surface area (Å²) in [7, 11) is 4.54. The van der Waals surface area contributed by atoms with Crippen LogP contribution in [0.25, 0.3) is 10.9 Å². The van der Waals surface area contributed by atoms with Gasteiger partial charge < -0.3 is 110 Å². The number of anilines is 2. The summed E-state index contributed by atoms with van der Waals surface area (Å²) in [5.41, 5.74) is 29.2. The lowest BCUT2D eigenvalue weighted by molar-refractivity contribution is -0.142. The molecule has 1 aromatic heterocycles. The van der Waals surface area contributed by atoms with E-state index in [1.165, 1.54) is 28.3 Å². The summed E-state index contributed by atoms with van der Waals surface area (Å²) in [6, 6.07) is 19.7. The summed E-state index contributed by atoms with van der Waals surface area (Å²) >= 11 is 0.917. The van der Waals surface area contributed by atoms with Crippen molar-refractivity contribution in [2.75, 3.05) is 70.7 Å². The molecule has 0 radical (unpaired) electrons. The summed E-state index contributed by atoms with van der Waals surface area (Å²) in [6.07, 6.45) is 1.88. The molecule has 1 aliphatic carbocycles. The molecule has 672 valence electrons. The van der Waals surface area contributed by atoms with Crippen molar-refractivity contribution < 1.29 is 90.8 Å². The van der Waals surface area contributed by atoms with Crippen molar-refractivity contribution in [3.05, 3.63) is 137 Å². The molecule has 5 aromatic carbocycles. The number of rotatable bonds is 47. The first kappa shape index (κ1) is 94.7. The number of amides is 11. The Bertz CT molecular complexity index is 4880. The van der Waals surface area contributed by atoms with E-state index in [0.29, 0.717) is 64.9 Å². The van der Waals surface area contributed by atoms with Gasteiger partial charge in [0.1, 0.15) is 36.3 Å². The molecule has 10 rings (SSSR count). The number of hydrogen-bond acceptors (Lipinski definition) is 24. The number of nitrogens with zero attached hydrogens (tertiary/aromatic N) is 1. The van der Waals surface area contributed by atoms with Crippen molar-refractivity contribution >= 4 is 117 Å². The number of esters is 1. The number of guanidine groups is 1. The number of aromatic nitrogens is 1. The fraction of sp³-hybridized carbons (Fsp3) is 0.477. The van der Waals surface area contributed by atoms with Crippen LogP contribution < -0.4 is 99.8 Å². The third-order valence-electron chi connectivity index (χ3n) is 23.2. The number of thioether (sulfide) groups is 1. The summed E-state index contributed by atoms with van der Waals surface area (Å²) in [5, 5.41) is 35.8. The molecular weight excluding hydrogens is 1630 g/mol. The SMILES string of the molecule is CCC(C)[C@H](NC(=O)[C@H](CCCCN)NC(=O)[C@@H](NC(=O)[C@H](CCC(N)=O)NC(=O)[C@H](CCCNC(=N)N)NC(=O)[C@@H](N)CSC1CC(=O)N(CCC(=O)Nc2ccc(N[C@@H]3c4cc5c(cc4[C@@H](c4cc(OC)c(OC)c(OC)c4)C4C(=O)OC[C@@H]43)OCO5)cc2)C1=O)C(C)CC)C(=O)N[C@@H](Cc1c[nH]c2ccccc12)C(=O)N[C@@H](Cc1ccccc1)C(C)=O.